The molecule has 0 amide bonds. The van der Waals surface area contributed by atoms with Crippen molar-refractivity contribution in [1.29, 1.82) is 5.26 Å². The molecule has 1 aliphatic heterocycles. The fraction of sp³-hybridized carbons (Fsp3) is 0.536. The Labute approximate surface area is 254 Å². The number of carbonyl (C=O) groups excluding carboxylic acids is 1. The molecule has 16 heteroatoms. The number of benzene rings is 1. The van der Waals surface area contributed by atoms with Gasteiger partial charge in [0, 0.05) is 0 Å². The van der Waals surface area contributed by atoms with E-state index in [1.54, 1.807) is 30.3 Å². The number of nitrogens with one attached hydrogen (secondary N) is 1. The minimum atomic E-state index is -4.27. The zero-order valence-electron chi connectivity index (χ0n) is 24.7. The summed E-state index contributed by atoms with van der Waals surface area (Å²) in [5.74, 6) is -0.325. The number of nitriles is 1. The largest absolute Gasteiger partial charge is 0.479 e. The molecule has 2 aromatic heterocycles. The van der Waals surface area contributed by atoms with Gasteiger partial charge < -0.3 is 29.6 Å². The molecule has 1 aromatic carbocycles. The Hall–Kier alpha value is -3.80. The molecule has 4 N–H and O–H groups in total. The van der Waals surface area contributed by atoms with Crippen LogP contribution in [-0.2, 0) is 23.4 Å². The summed E-state index contributed by atoms with van der Waals surface area (Å²) >= 11 is 0. The Balaban J connectivity index is 1.35. The van der Waals surface area contributed by atoms with Crippen LogP contribution >= 0.6 is 7.75 Å². The van der Waals surface area contributed by atoms with Crippen LogP contribution < -0.4 is 20.1 Å². The van der Waals surface area contributed by atoms with Crippen LogP contribution in [0.2, 0.25) is 0 Å². The quantitative estimate of drug-likeness (QED) is 0.206. The fourth-order valence-electron chi connectivity index (χ4n) is 5.36. The van der Waals surface area contributed by atoms with E-state index in [0.29, 0.717) is 0 Å². The Bertz CT molecular complexity index is 1560. The monoisotopic (exact) mass is 629 g/mol. The van der Waals surface area contributed by atoms with Gasteiger partial charge in [-0.3, -0.25) is 13.9 Å². The number of aromatic nitrogens is 4. The highest BCUT2D eigenvalue weighted by atomic mass is 31.2. The second-order valence-electron chi connectivity index (χ2n) is 11.0. The lowest BCUT2D eigenvalue weighted by Crippen LogP contribution is -2.39. The number of nitrogen functional groups attached to an aromatic ring is 1. The smallest absolute Gasteiger partial charge is 0.459 e. The van der Waals surface area contributed by atoms with Gasteiger partial charge in [-0.15, -0.1) is 0 Å². The molecule has 0 bridgehead atoms. The average molecular weight is 630 g/mol. The maximum atomic E-state index is 14.1. The molecule has 0 spiro atoms. The van der Waals surface area contributed by atoms with Crippen molar-refractivity contribution in [3.8, 4) is 17.7 Å². The van der Waals surface area contributed by atoms with E-state index in [9.17, 15) is 19.7 Å². The van der Waals surface area contributed by atoms with E-state index in [1.807, 2.05) is 0 Å². The molecule has 2 fully saturated rings. The minimum Gasteiger partial charge on any atom is -0.479 e. The number of ether oxygens (including phenoxy) is 3. The topological polar surface area (TPSA) is 206 Å². The molecule has 5 rings (SSSR count). The predicted molar refractivity (Wildman–Crippen MR) is 156 cm³/mol. The first-order valence-corrected chi connectivity index (χ1v) is 15.9. The highest BCUT2D eigenvalue weighted by Crippen LogP contribution is 2.49. The number of hydrogen-bond donors (Lipinski definition) is 3. The third kappa shape index (κ3) is 6.50. The van der Waals surface area contributed by atoms with Gasteiger partial charge in [-0.25, -0.2) is 9.55 Å². The van der Waals surface area contributed by atoms with Gasteiger partial charge in [-0.05, 0) is 51.7 Å². The number of hydrogen-bond acceptors (Lipinski definition) is 13. The molecule has 3 heterocycles. The molecule has 6 atom stereocenters. The number of aliphatic hydroxyl groups is 1. The number of rotatable bonds is 11. The van der Waals surface area contributed by atoms with Crippen LogP contribution in [0, 0.1) is 16.7 Å². The molecule has 2 aliphatic rings. The first-order valence-electron chi connectivity index (χ1n) is 14.3. The van der Waals surface area contributed by atoms with Crippen molar-refractivity contribution in [3.63, 3.8) is 0 Å². The number of anilines is 1. The molecule has 44 heavy (non-hydrogen) atoms. The number of carbonyl (C=O) groups is 1. The highest BCUT2D eigenvalue weighted by Gasteiger charge is 2.56. The lowest BCUT2D eigenvalue weighted by atomic mass is 9.84. The summed E-state index contributed by atoms with van der Waals surface area (Å²) in [6.07, 6.45) is 2.13. The van der Waals surface area contributed by atoms with Crippen LogP contribution in [0.15, 0.2) is 36.7 Å². The van der Waals surface area contributed by atoms with Crippen molar-refractivity contribution in [3.05, 3.63) is 36.7 Å². The number of imidazole rings is 1. The Morgan fingerprint density at radius 3 is 2.70 bits per heavy atom. The SMILES string of the molecule is COc1nc(N)nc2c1ncn2[C@@H]1O[C@H](COP(=O)(N[C@@H](C)C(=O)OC2CCCCC2)Oc2ccccc2)[C@@H](O)[C@@]1(C)C#N. The van der Waals surface area contributed by atoms with Gasteiger partial charge in [0.1, 0.15) is 35.5 Å². The third-order valence-electron chi connectivity index (χ3n) is 7.79. The molecule has 236 valence electrons. The maximum absolute atomic E-state index is 14.1. The summed E-state index contributed by atoms with van der Waals surface area (Å²) in [5, 5.41) is 24.1. The first-order chi connectivity index (χ1) is 21.1. The lowest BCUT2D eigenvalue weighted by molar-refractivity contribution is -0.152. The van der Waals surface area contributed by atoms with Crippen LogP contribution in [-0.4, -0.2) is 68.7 Å². The normalized spacial score (nSPS) is 26.0. The van der Waals surface area contributed by atoms with E-state index in [4.69, 9.17) is 29.0 Å². The second kappa shape index (κ2) is 13.1. The van der Waals surface area contributed by atoms with Crippen molar-refractivity contribution in [2.24, 2.45) is 5.41 Å². The van der Waals surface area contributed by atoms with E-state index in [1.165, 1.54) is 31.9 Å². The van der Waals surface area contributed by atoms with Crippen molar-refractivity contribution in [2.45, 2.75) is 76.5 Å². The second-order valence-corrected chi connectivity index (χ2v) is 12.7. The van der Waals surface area contributed by atoms with Crippen molar-refractivity contribution >= 4 is 30.8 Å². The van der Waals surface area contributed by atoms with Gasteiger partial charge in [0.25, 0.3) is 0 Å². The van der Waals surface area contributed by atoms with Gasteiger partial charge in [-0.2, -0.15) is 20.3 Å². The fourth-order valence-corrected chi connectivity index (χ4v) is 6.86. The van der Waals surface area contributed by atoms with Crippen LogP contribution in [0.5, 0.6) is 11.6 Å². The van der Waals surface area contributed by atoms with Gasteiger partial charge in [-0.1, -0.05) is 24.6 Å². The Morgan fingerprint density at radius 2 is 2.02 bits per heavy atom. The van der Waals surface area contributed by atoms with E-state index in [0.717, 1.165) is 32.1 Å². The number of para-hydroxylation sites is 1. The summed E-state index contributed by atoms with van der Waals surface area (Å²) in [6, 6.07) is 9.38. The molecule has 0 radical (unpaired) electrons. The molecule has 15 nitrogen and oxygen atoms in total. The Morgan fingerprint density at radius 1 is 1.30 bits per heavy atom. The van der Waals surface area contributed by atoms with Crippen LogP contribution in [0.25, 0.3) is 11.2 Å². The molecule has 3 aromatic rings. The highest BCUT2D eigenvalue weighted by molar-refractivity contribution is 7.52. The molecule has 1 unspecified atom stereocenters. The van der Waals surface area contributed by atoms with Gasteiger partial charge in [0.2, 0.25) is 11.8 Å². The molecule has 1 saturated heterocycles. The standard InChI is InChI=1S/C28H36N7O8P/c1-17(25(37)41-18-10-6-4-7-11-18)34-44(38,43-19-12-8-5-9-13-19)40-14-20-22(36)28(2,15-29)26(42-20)35-16-31-21-23(35)32-27(30)33-24(21)39-3/h5,8-9,12-13,16-18,20,22,26,36H,4,6-7,10-11,14H2,1-3H3,(H,34,38)(H2,30,32,33)/t17-,20+,22+,26+,28+,44?/m0/s1. The van der Waals surface area contributed by atoms with E-state index in [2.05, 4.69) is 26.1 Å². The molecule has 1 saturated carbocycles. The van der Waals surface area contributed by atoms with E-state index >= 15 is 0 Å². The lowest BCUT2D eigenvalue weighted by Gasteiger charge is -2.27. The molecular formula is C28H36N7O8P. The number of nitrogens with zero attached hydrogens (tertiary/aromatic N) is 5. The van der Waals surface area contributed by atoms with Crippen LogP contribution in [0.1, 0.15) is 52.2 Å². The maximum Gasteiger partial charge on any atom is 0.459 e. The minimum absolute atomic E-state index is 0.0885. The number of esters is 1. The van der Waals surface area contributed by atoms with Crippen molar-refractivity contribution in [1.82, 2.24) is 24.6 Å². The summed E-state index contributed by atoms with van der Waals surface area (Å²) in [7, 11) is -2.86. The number of methoxy groups -OCH3 is 1. The molecule has 1 aliphatic carbocycles. The summed E-state index contributed by atoms with van der Waals surface area (Å²) in [5.41, 5.74) is 4.82. The van der Waals surface area contributed by atoms with Crippen LogP contribution in [0.4, 0.5) is 5.95 Å². The number of nitrogens with two attached hydrogens (primary N) is 1. The average Bonchev–Trinajstić information content (AvgIpc) is 3.54. The van der Waals surface area contributed by atoms with E-state index in [-0.39, 0.29) is 34.8 Å². The van der Waals surface area contributed by atoms with Crippen molar-refractivity contribution < 1.29 is 37.7 Å². The number of fused-ring (bicyclic) bond motifs is 1. The van der Waals surface area contributed by atoms with Gasteiger partial charge in [0.05, 0.1) is 26.1 Å². The van der Waals surface area contributed by atoms with Crippen LogP contribution in [0.3, 0.4) is 0 Å². The van der Waals surface area contributed by atoms with E-state index < -0.39 is 50.2 Å². The predicted octanol–water partition coefficient (Wildman–Crippen LogP) is 3.26. The summed E-state index contributed by atoms with van der Waals surface area (Å²) in [4.78, 5) is 25.4. The van der Waals surface area contributed by atoms with Gasteiger partial charge in [0.15, 0.2) is 17.4 Å². The summed E-state index contributed by atoms with van der Waals surface area (Å²) < 4.78 is 44.0. The third-order valence-corrected chi connectivity index (χ3v) is 9.44. The zero-order chi connectivity index (χ0) is 31.5. The Kier molecular flexibility index (Phi) is 9.38. The number of aliphatic hydroxyl groups excluding tert-OH is 1. The first kappa shape index (κ1) is 31.6. The summed E-state index contributed by atoms with van der Waals surface area (Å²) in [6.45, 7) is 2.55. The van der Waals surface area contributed by atoms with Crippen molar-refractivity contribution in [2.75, 3.05) is 19.5 Å². The van der Waals surface area contributed by atoms with Gasteiger partial charge >= 0.3 is 13.7 Å². The zero-order valence-corrected chi connectivity index (χ0v) is 25.6. The molecular weight excluding hydrogens is 593 g/mol.